The molecule has 1 heterocycles. The Kier molecular flexibility index (Phi) is 3.33. The Bertz CT molecular complexity index is 316. The summed E-state index contributed by atoms with van der Waals surface area (Å²) in [6.07, 6.45) is 0. The van der Waals surface area contributed by atoms with Crippen LogP contribution in [0.15, 0.2) is 0 Å². The first-order valence-electron chi connectivity index (χ1n) is 4.82. The Morgan fingerprint density at radius 2 is 2.00 bits per heavy atom. The van der Waals surface area contributed by atoms with E-state index in [1.807, 2.05) is 13.8 Å². The molecular formula is C9H16N4O. The minimum Gasteiger partial charge on any atom is -0.290 e. The van der Waals surface area contributed by atoms with Crippen LogP contribution in [-0.4, -0.2) is 26.0 Å². The van der Waals surface area contributed by atoms with Crippen molar-refractivity contribution in [1.29, 1.82) is 0 Å². The predicted octanol–water partition coefficient (Wildman–Crippen LogP) is 1.17. The molecule has 0 saturated carbocycles. The Labute approximate surface area is 83.5 Å². The molecule has 0 aliphatic carbocycles. The van der Waals surface area contributed by atoms with Crippen LogP contribution in [0, 0.1) is 11.8 Å². The molecule has 5 heteroatoms. The molecular weight excluding hydrogens is 180 g/mol. The maximum atomic E-state index is 11.5. The van der Waals surface area contributed by atoms with Gasteiger partial charge in [-0.3, -0.25) is 4.79 Å². The first kappa shape index (κ1) is 10.8. The SMILES string of the molecule is CC(C)Cn1nnc(C(=O)C(C)C)n1. The Balaban J connectivity index is 2.73. The van der Waals surface area contributed by atoms with Crippen LogP contribution in [0.4, 0.5) is 0 Å². The van der Waals surface area contributed by atoms with E-state index in [0.29, 0.717) is 12.5 Å². The number of carbonyl (C=O) groups excluding carboxylic acids is 1. The van der Waals surface area contributed by atoms with Gasteiger partial charge < -0.3 is 0 Å². The lowest BCUT2D eigenvalue weighted by Gasteiger charge is -2.00. The van der Waals surface area contributed by atoms with E-state index in [1.165, 1.54) is 4.80 Å². The summed E-state index contributed by atoms with van der Waals surface area (Å²) >= 11 is 0. The number of rotatable bonds is 4. The van der Waals surface area contributed by atoms with Gasteiger partial charge in [0.15, 0.2) is 0 Å². The van der Waals surface area contributed by atoms with Crippen molar-refractivity contribution < 1.29 is 4.79 Å². The van der Waals surface area contributed by atoms with E-state index in [0.717, 1.165) is 0 Å². The lowest BCUT2D eigenvalue weighted by atomic mass is 10.1. The number of aromatic nitrogens is 4. The molecule has 0 amide bonds. The third kappa shape index (κ3) is 2.61. The van der Waals surface area contributed by atoms with Crippen molar-refractivity contribution in [2.45, 2.75) is 34.2 Å². The fourth-order valence-electron chi connectivity index (χ4n) is 1.00. The highest BCUT2D eigenvalue weighted by atomic mass is 16.1. The van der Waals surface area contributed by atoms with Crippen molar-refractivity contribution in [3.05, 3.63) is 5.82 Å². The lowest BCUT2D eigenvalue weighted by molar-refractivity contribution is 0.0928. The Hall–Kier alpha value is -1.26. The molecule has 5 nitrogen and oxygen atoms in total. The molecule has 0 saturated heterocycles. The van der Waals surface area contributed by atoms with Gasteiger partial charge >= 0.3 is 0 Å². The van der Waals surface area contributed by atoms with Gasteiger partial charge in [-0.2, -0.15) is 4.80 Å². The average molecular weight is 196 g/mol. The smallest absolute Gasteiger partial charge is 0.240 e. The molecule has 1 aromatic heterocycles. The fraction of sp³-hybridized carbons (Fsp3) is 0.778. The van der Waals surface area contributed by atoms with Crippen LogP contribution in [0.1, 0.15) is 38.3 Å². The van der Waals surface area contributed by atoms with Gasteiger partial charge in [0.1, 0.15) is 0 Å². The molecule has 0 bridgehead atoms. The highest BCUT2D eigenvalue weighted by Gasteiger charge is 2.16. The summed E-state index contributed by atoms with van der Waals surface area (Å²) in [6, 6.07) is 0. The van der Waals surface area contributed by atoms with Gasteiger partial charge in [-0.05, 0) is 11.1 Å². The molecule has 0 N–H and O–H groups in total. The molecule has 0 radical (unpaired) electrons. The molecule has 78 valence electrons. The average Bonchev–Trinajstić information content (AvgIpc) is 2.50. The van der Waals surface area contributed by atoms with Crippen LogP contribution in [0.3, 0.4) is 0 Å². The number of hydrogen-bond acceptors (Lipinski definition) is 4. The third-order valence-corrected chi connectivity index (χ3v) is 1.73. The second kappa shape index (κ2) is 4.30. The van der Waals surface area contributed by atoms with Crippen molar-refractivity contribution in [3.8, 4) is 0 Å². The normalized spacial score (nSPS) is 11.3. The van der Waals surface area contributed by atoms with Crippen molar-refractivity contribution >= 4 is 5.78 Å². The minimum absolute atomic E-state index is 0.0555. The molecule has 1 aromatic rings. The van der Waals surface area contributed by atoms with E-state index in [2.05, 4.69) is 29.3 Å². The van der Waals surface area contributed by atoms with Gasteiger partial charge in [-0.25, -0.2) is 0 Å². The van der Waals surface area contributed by atoms with E-state index in [4.69, 9.17) is 0 Å². The number of tetrazole rings is 1. The molecule has 0 aliphatic rings. The van der Waals surface area contributed by atoms with Crippen molar-refractivity contribution in [2.75, 3.05) is 0 Å². The van der Waals surface area contributed by atoms with Gasteiger partial charge in [0.2, 0.25) is 11.6 Å². The standard InChI is InChI=1S/C9H16N4O/c1-6(2)5-13-11-9(10-12-13)8(14)7(3)4/h6-7H,5H2,1-4H3. The highest BCUT2D eigenvalue weighted by molar-refractivity contribution is 5.93. The third-order valence-electron chi connectivity index (χ3n) is 1.73. The van der Waals surface area contributed by atoms with Crippen LogP contribution in [-0.2, 0) is 6.54 Å². The van der Waals surface area contributed by atoms with Crippen LogP contribution < -0.4 is 0 Å². The fourth-order valence-corrected chi connectivity index (χ4v) is 1.00. The molecule has 14 heavy (non-hydrogen) atoms. The molecule has 1 rings (SSSR count). The topological polar surface area (TPSA) is 60.7 Å². The summed E-state index contributed by atoms with van der Waals surface area (Å²) in [5.74, 6) is 0.540. The van der Waals surface area contributed by atoms with Crippen LogP contribution in [0.2, 0.25) is 0 Å². The zero-order valence-electron chi connectivity index (χ0n) is 9.06. The summed E-state index contributed by atoms with van der Waals surface area (Å²) in [5.41, 5.74) is 0. The number of carbonyl (C=O) groups is 1. The second-order valence-corrected chi connectivity index (χ2v) is 4.08. The summed E-state index contributed by atoms with van der Waals surface area (Å²) in [5, 5.41) is 11.6. The Morgan fingerprint density at radius 3 is 2.50 bits per heavy atom. The number of ketones is 1. The molecule has 0 unspecified atom stereocenters. The largest absolute Gasteiger partial charge is 0.290 e. The van der Waals surface area contributed by atoms with E-state index < -0.39 is 0 Å². The Morgan fingerprint density at radius 1 is 1.36 bits per heavy atom. The molecule has 0 atom stereocenters. The second-order valence-electron chi connectivity index (χ2n) is 4.08. The van der Waals surface area contributed by atoms with Crippen molar-refractivity contribution in [2.24, 2.45) is 11.8 Å². The van der Waals surface area contributed by atoms with Crippen LogP contribution in [0.5, 0.6) is 0 Å². The summed E-state index contributed by atoms with van der Waals surface area (Å²) in [4.78, 5) is 12.9. The maximum absolute atomic E-state index is 11.5. The van der Waals surface area contributed by atoms with Gasteiger partial charge in [-0.15, -0.1) is 10.2 Å². The van der Waals surface area contributed by atoms with E-state index in [-0.39, 0.29) is 17.5 Å². The van der Waals surface area contributed by atoms with Gasteiger partial charge in [0.25, 0.3) is 0 Å². The lowest BCUT2D eigenvalue weighted by Crippen LogP contribution is -2.12. The van der Waals surface area contributed by atoms with Crippen molar-refractivity contribution in [3.63, 3.8) is 0 Å². The molecule has 0 spiro atoms. The summed E-state index contributed by atoms with van der Waals surface area (Å²) < 4.78 is 0. The van der Waals surface area contributed by atoms with Crippen LogP contribution in [0.25, 0.3) is 0 Å². The maximum Gasteiger partial charge on any atom is 0.240 e. The number of Topliss-reactive ketones (excluding diaryl/α,β-unsaturated/α-hetero) is 1. The van der Waals surface area contributed by atoms with E-state index >= 15 is 0 Å². The molecule has 0 aliphatic heterocycles. The van der Waals surface area contributed by atoms with Crippen molar-refractivity contribution in [1.82, 2.24) is 20.2 Å². The van der Waals surface area contributed by atoms with Gasteiger partial charge in [-0.1, -0.05) is 27.7 Å². The zero-order chi connectivity index (χ0) is 10.7. The van der Waals surface area contributed by atoms with E-state index in [1.54, 1.807) is 0 Å². The first-order chi connectivity index (χ1) is 6.50. The zero-order valence-corrected chi connectivity index (χ0v) is 9.06. The summed E-state index contributed by atoms with van der Waals surface area (Å²) in [6.45, 7) is 8.47. The quantitative estimate of drug-likeness (QED) is 0.678. The van der Waals surface area contributed by atoms with Gasteiger partial charge in [0.05, 0.1) is 6.54 Å². The highest BCUT2D eigenvalue weighted by Crippen LogP contribution is 2.02. The van der Waals surface area contributed by atoms with Gasteiger partial charge in [0, 0.05) is 5.92 Å². The van der Waals surface area contributed by atoms with Crippen LogP contribution >= 0.6 is 0 Å². The molecule has 0 fully saturated rings. The predicted molar refractivity (Wildman–Crippen MR) is 51.8 cm³/mol. The number of hydrogen-bond donors (Lipinski definition) is 0. The number of nitrogens with zero attached hydrogens (tertiary/aromatic N) is 4. The summed E-state index contributed by atoms with van der Waals surface area (Å²) in [7, 11) is 0. The van der Waals surface area contributed by atoms with E-state index in [9.17, 15) is 4.79 Å². The minimum atomic E-state index is -0.0771. The molecule has 0 aromatic carbocycles. The monoisotopic (exact) mass is 196 g/mol. The first-order valence-corrected chi connectivity index (χ1v) is 4.82.